The Balaban J connectivity index is 0.00000256. The molecule has 1 aliphatic rings. The van der Waals surface area contributed by atoms with Crippen molar-refractivity contribution >= 4 is 24.2 Å². The Hall–Kier alpha value is -0.810. The lowest BCUT2D eigenvalue weighted by Gasteiger charge is -2.31. The predicted octanol–water partition coefficient (Wildman–Crippen LogP) is 0.132. The van der Waals surface area contributed by atoms with Crippen molar-refractivity contribution in [1.29, 1.82) is 0 Å². The highest BCUT2D eigenvalue weighted by Gasteiger charge is 2.27. The molecule has 0 aliphatic carbocycles. The number of rotatable bonds is 4. The summed E-state index contributed by atoms with van der Waals surface area (Å²) in [6.07, 6.45) is 2.68. The molecule has 2 amide bonds. The van der Waals surface area contributed by atoms with Crippen LogP contribution in [0.4, 0.5) is 0 Å². The first-order valence-electron chi connectivity index (χ1n) is 5.94. The number of amides is 2. The highest BCUT2D eigenvalue weighted by atomic mass is 35.5. The molecule has 0 saturated carbocycles. The van der Waals surface area contributed by atoms with Crippen LogP contribution in [-0.4, -0.2) is 42.9 Å². The number of nitrogens with one attached hydrogen (secondary N) is 1. The fourth-order valence-corrected chi connectivity index (χ4v) is 1.94. The second kappa shape index (κ2) is 8.31. The van der Waals surface area contributed by atoms with Crippen molar-refractivity contribution in [3.8, 4) is 0 Å². The summed E-state index contributed by atoms with van der Waals surface area (Å²) in [6.45, 7) is 4.01. The number of likely N-dealkylation sites (tertiary alicyclic amines) is 1. The Kier molecular flexibility index (Phi) is 7.91. The maximum Gasteiger partial charge on any atom is 0.236 e. The Morgan fingerprint density at radius 2 is 2.18 bits per heavy atom. The van der Waals surface area contributed by atoms with Gasteiger partial charge in [0.15, 0.2) is 0 Å². The SMILES string of the molecule is CCCNC(=O)C1CCCN(C(=O)CN)C1.Cl. The average Bonchev–Trinajstić information content (AvgIpc) is 2.35. The van der Waals surface area contributed by atoms with Crippen LogP contribution in [0, 0.1) is 5.92 Å². The zero-order chi connectivity index (χ0) is 12.0. The standard InChI is InChI=1S/C11H21N3O2.ClH/c1-2-5-13-11(16)9-4-3-6-14(8-9)10(15)7-12;/h9H,2-8,12H2,1H3,(H,13,16);1H. The van der Waals surface area contributed by atoms with Crippen molar-refractivity contribution in [1.82, 2.24) is 10.2 Å². The zero-order valence-electron chi connectivity index (χ0n) is 10.3. The Labute approximate surface area is 109 Å². The van der Waals surface area contributed by atoms with Gasteiger partial charge in [-0.3, -0.25) is 9.59 Å². The quantitative estimate of drug-likeness (QED) is 0.757. The molecular formula is C11H22ClN3O2. The monoisotopic (exact) mass is 263 g/mol. The van der Waals surface area contributed by atoms with E-state index in [4.69, 9.17) is 5.73 Å². The van der Waals surface area contributed by atoms with Gasteiger partial charge >= 0.3 is 0 Å². The van der Waals surface area contributed by atoms with Gasteiger partial charge in [0.1, 0.15) is 0 Å². The number of hydrogen-bond acceptors (Lipinski definition) is 3. The van der Waals surface area contributed by atoms with Gasteiger partial charge in [0.2, 0.25) is 11.8 Å². The molecule has 3 N–H and O–H groups in total. The van der Waals surface area contributed by atoms with Gasteiger partial charge in [-0.05, 0) is 19.3 Å². The number of nitrogens with zero attached hydrogens (tertiary/aromatic N) is 1. The highest BCUT2D eigenvalue weighted by molar-refractivity contribution is 5.85. The molecule has 0 aromatic rings. The van der Waals surface area contributed by atoms with Crippen molar-refractivity contribution in [3.05, 3.63) is 0 Å². The lowest BCUT2D eigenvalue weighted by molar-refractivity contribution is -0.134. The minimum Gasteiger partial charge on any atom is -0.356 e. The third kappa shape index (κ3) is 4.91. The molecule has 1 aliphatic heterocycles. The summed E-state index contributed by atoms with van der Waals surface area (Å²) in [6, 6.07) is 0. The van der Waals surface area contributed by atoms with E-state index in [2.05, 4.69) is 5.32 Å². The first-order chi connectivity index (χ1) is 7.69. The summed E-state index contributed by atoms with van der Waals surface area (Å²) in [5, 5.41) is 2.87. The van der Waals surface area contributed by atoms with E-state index < -0.39 is 0 Å². The summed E-state index contributed by atoms with van der Waals surface area (Å²) in [5.74, 6) is -0.0554. The molecule has 6 heteroatoms. The maximum atomic E-state index is 11.7. The van der Waals surface area contributed by atoms with Crippen LogP contribution in [0.2, 0.25) is 0 Å². The van der Waals surface area contributed by atoms with E-state index in [-0.39, 0.29) is 36.7 Å². The van der Waals surface area contributed by atoms with Gasteiger partial charge in [0.05, 0.1) is 12.5 Å². The minimum absolute atomic E-state index is 0. The van der Waals surface area contributed by atoms with E-state index in [1.165, 1.54) is 0 Å². The average molecular weight is 264 g/mol. The normalized spacial score (nSPS) is 19.4. The van der Waals surface area contributed by atoms with Crippen molar-refractivity contribution < 1.29 is 9.59 Å². The molecule has 1 atom stereocenters. The van der Waals surface area contributed by atoms with E-state index in [1.54, 1.807) is 4.90 Å². The van der Waals surface area contributed by atoms with Crippen LogP contribution in [0.1, 0.15) is 26.2 Å². The number of piperidine rings is 1. The maximum absolute atomic E-state index is 11.7. The fraction of sp³-hybridized carbons (Fsp3) is 0.818. The number of halogens is 1. The number of hydrogen-bond donors (Lipinski definition) is 2. The molecule has 1 unspecified atom stereocenters. The molecule has 5 nitrogen and oxygen atoms in total. The molecule has 100 valence electrons. The van der Waals surface area contributed by atoms with Crippen LogP contribution in [0.25, 0.3) is 0 Å². The molecule has 0 spiro atoms. The molecular weight excluding hydrogens is 242 g/mol. The number of carbonyl (C=O) groups excluding carboxylic acids is 2. The molecule has 17 heavy (non-hydrogen) atoms. The van der Waals surface area contributed by atoms with E-state index in [1.807, 2.05) is 6.92 Å². The predicted molar refractivity (Wildman–Crippen MR) is 68.9 cm³/mol. The molecule has 1 heterocycles. The van der Waals surface area contributed by atoms with Crippen molar-refractivity contribution in [2.45, 2.75) is 26.2 Å². The Morgan fingerprint density at radius 1 is 1.47 bits per heavy atom. The van der Waals surface area contributed by atoms with Crippen molar-refractivity contribution in [2.75, 3.05) is 26.2 Å². The van der Waals surface area contributed by atoms with E-state index in [9.17, 15) is 9.59 Å². The van der Waals surface area contributed by atoms with Gasteiger partial charge in [-0.1, -0.05) is 6.92 Å². The summed E-state index contributed by atoms with van der Waals surface area (Å²) in [4.78, 5) is 24.8. The van der Waals surface area contributed by atoms with Crippen LogP contribution in [-0.2, 0) is 9.59 Å². The van der Waals surface area contributed by atoms with Gasteiger partial charge in [0, 0.05) is 19.6 Å². The third-order valence-electron chi connectivity index (χ3n) is 2.87. The zero-order valence-corrected chi connectivity index (χ0v) is 11.1. The second-order valence-electron chi connectivity index (χ2n) is 4.17. The topological polar surface area (TPSA) is 75.4 Å². The minimum atomic E-state index is -0.0620. The van der Waals surface area contributed by atoms with Crippen LogP contribution in [0.5, 0.6) is 0 Å². The summed E-state index contributed by atoms with van der Waals surface area (Å²) in [5.41, 5.74) is 5.31. The summed E-state index contributed by atoms with van der Waals surface area (Å²) in [7, 11) is 0. The molecule has 0 aromatic carbocycles. The smallest absolute Gasteiger partial charge is 0.236 e. The molecule has 0 aromatic heterocycles. The van der Waals surface area contributed by atoms with Crippen LogP contribution in [0.15, 0.2) is 0 Å². The number of carbonyl (C=O) groups is 2. The lowest BCUT2D eigenvalue weighted by atomic mass is 9.97. The molecule has 1 fully saturated rings. The summed E-state index contributed by atoms with van der Waals surface area (Å²) < 4.78 is 0. The first-order valence-corrected chi connectivity index (χ1v) is 5.94. The second-order valence-corrected chi connectivity index (χ2v) is 4.17. The lowest BCUT2D eigenvalue weighted by Crippen LogP contribution is -2.47. The van der Waals surface area contributed by atoms with Gasteiger partial charge in [-0.2, -0.15) is 0 Å². The molecule has 0 radical (unpaired) electrons. The number of nitrogens with two attached hydrogens (primary N) is 1. The van der Waals surface area contributed by atoms with Gasteiger partial charge in [-0.15, -0.1) is 12.4 Å². The largest absolute Gasteiger partial charge is 0.356 e. The van der Waals surface area contributed by atoms with Gasteiger partial charge < -0.3 is 16.0 Å². The van der Waals surface area contributed by atoms with E-state index in [0.717, 1.165) is 25.8 Å². The van der Waals surface area contributed by atoms with Gasteiger partial charge in [-0.25, -0.2) is 0 Å². The molecule has 0 bridgehead atoms. The fourth-order valence-electron chi connectivity index (χ4n) is 1.94. The highest BCUT2D eigenvalue weighted by Crippen LogP contribution is 2.16. The summed E-state index contributed by atoms with van der Waals surface area (Å²) >= 11 is 0. The third-order valence-corrected chi connectivity index (χ3v) is 2.87. The van der Waals surface area contributed by atoms with E-state index >= 15 is 0 Å². The Bertz CT molecular complexity index is 261. The van der Waals surface area contributed by atoms with Crippen LogP contribution >= 0.6 is 12.4 Å². The molecule has 1 saturated heterocycles. The Morgan fingerprint density at radius 3 is 2.76 bits per heavy atom. The van der Waals surface area contributed by atoms with E-state index in [0.29, 0.717) is 13.1 Å². The van der Waals surface area contributed by atoms with Crippen LogP contribution < -0.4 is 11.1 Å². The van der Waals surface area contributed by atoms with Crippen molar-refractivity contribution in [3.63, 3.8) is 0 Å². The first kappa shape index (κ1) is 16.2. The molecule has 1 rings (SSSR count). The van der Waals surface area contributed by atoms with Gasteiger partial charge in [0.25, 0.3) is 0 Å². The van der Waals surface area contributed by atoms with Crippen LogP contribution in [0.3, 0.4) is 0 Å². The van der Waals surface area contributed by atoms with Crippen molar-refractivity contribution in [2.24, 2.45) is 11.7 Å².